The fourth-order valence-corrected chi connectivity index (χ4v) is 3.58. The monoisotopic (exact) mass is 344 g/mol. The molecule has 0 saturated carbocycles. The molecule has 2 aromatic heterocycles. The van der Waals surface area contributed by atoms with Crippen molar-refractivity contribution in [2.24, 2.45) is 0 Å². The standard InChI is InChI=1S/C18H24N4O3/c1-14-18-19-15(11-17(23)20-6-9-24-10-7-20)12-22(18)5-4-21(14)13-16-3-2-8-25-16/h2-3,8,12,14H,4-7,9-11,13H2,1H3. The first-order valence-corrected chi connectivity index (χ1v) is 8.88. The number of rotatable bonds is 4. The number of imidazole rings is 1. The van der Waals surface area contributed by atoms with E-state index in [4.69, 9.17) is 14.1 Å². The molecule has 0 N–H and O–H groups in total. The molecular weight excluding hydrogens is 320 g/mol. The lowest BCUT2D eigenvalue weighted by molar-refractivity contribution is -0.134. The van der Waals surface area contributed by atoms with Gasteiger partial charge in [0.2, 0.25) is 5.91 Å². The van der Waals surface area contributed by atoms with Crippen LogP contribution in [-0.2, 0) is 29.0 Å². The lowest BCUT2D eigenvalue weighted by Crippen LogP contribution is -2.41. The Morgan fingerprint density at radius 2 is 2.12 bits per heavy atom. The van der Waals surface area contributed by atoms with E-state index >= 15 is 0 Å². The van der Waals surface area contributed by atoms with Gasteiger partial charge in [-0.1, -0.05) is 0 Å². The van der Waals surface area contributed by atoms with Gasteiger partial charge in [0.25, 0.3) is 0 Å². The van der Waals surface area contributed by atoms with Gasteiger partial charge in [-0.2, -0.15) is 0 Å². The highest BCUT2D eigenvalue weighted by molar-refractivity contribution is 5.78. The summed E-state index contributed by atoms with van der Waals surface area (Å²) in [5, 5.41) is 0. The van der Waals surface area contributed by atoms with E-state index in [2.05, 4.69) is 16.4 Å². The van der Waals surface area contributed by atoms with Crippen molar-refractivity contribution in [3.05, 3.63) is 41.9 Å². The molecule has 2 aliphatic rings. The van der Waals surface area contributed by atoms with Crippen molar-refractivity contribution in [3.63, 3.8) is 0 Å². The van der Waals surface area contributed by atoms with Crippen molar-refractivity contribution in [1.29, 1.82) is 0 Å². The third-order valence-electron chi connectivity index (χ3n) is 5.04. The molecule has 2 aromatic rings. The van der Waals surface area contributed by atoms with E-state index in [9.17, 15) is 4.79 Å². The van der Waals surface area contributed by atoms with Crippen LogP contribution in [-0.4, -0.2) is 58.1 Å². The smallest absolute Gasteiger partial charge is 0.228 e. The molecule has 7 heteroatoms. The van der Waals surface area contributed by atoms with Crippen molar-refractivity contribution in [3.8, 4) is 0 Å². The van der Waals surface area contributed by atoms with Crippen molar-refractivity contribution in [2.75, 3.05) is 32.8 Å². The Bertz CT molecular complexity index is 719. The van der Waals surface area contributed by atoms with Crippen molar-refractivity contribution >= 4 is 5.91 Å². The van der Waals surface area contributed by atoms with E-state index in [1.165, 1.54) is 0 Å². The van der Waals surface area contributed by atoms with Gasteiger partial charge in [0, 0.05) is 32.4 Å². The summed E-state index contributed by atoms with van der Waals surface area (Å²) in [6, 6.07) is 4.12. The summed E-state index contributed by atoms with van der Waals surface area (Å²) >= 11 is 0. The van der Waals surface area contributed by atoms with Crippen LogP contribution in [0.3, 0.4) is 0 Å². The maximum absolute atomic E-state index is 12.4. The summed E-state index contributed by atoms with van der Waals surface area (Å²) in [5.41, 5.74) is 0.859. The number of furan rings is 1. The molecule has 2 aliphatic heterocycles. The Kier molecular flexibility index (Phi) is 4.59. The number of amides is 1. The summed E-state index contributed by atoms with van der Waals surface area (Å²) in [6.07, 6.45) is 4.11. The molecule has 0 bridgehead atoms. The van der Waals surface area contributed by atoms with Gasteiger partial charge in [0.15, 0.2) is 0 Å². The minimum atomic E-state index is 0.138. The highest BCUT2D eigenvalue weighted by Crippen LogP contribution is 2.26. The number of carbonyl (C=O) groups is 1. The first kappa shape index (κ1) is 16.4. The molecule has 1 unspecified atom stereocenters. The molecule has 1 fully saturated rings. The van der Waals surface area contributed by atoms with E-state index in [-0.39, 0.29) is 11.9 Å². The lowest BCUT2D eigenvalue weighted by Gasteiger charge is -2.32. The molecule has 25 heavy (non-hydrogen) atoms. The van der Waals surface area contributed by atoms with Gasteiger partial charge in [0.1, 0.15) is 11.6 Å². The molecule has 4 rings (SSSR count). The summed E-state index contributed by atoms with van der Waals surface area (Å²) in [4.78, 5) is 21.4. The fourth-order valence-electron chi connectivity index (χ4n) is 3.58. The Labute approximate surface area is 147 Å². The third-order valence-corrected chi connectivity index (χ3v) is 5.04. The van der Waals surface area contributed by atoms with Gasteiger partial charge >= 0.3 is 0 Å². The molecular formula is C18H24N4O3. The largest absolute Gasteiger partial charge is 0.468 e. The summed E-state index contributed by atoms with van der Waals surface area (Å²) in [5.74, 6) is 2.14. The molecule has 1 atom stereocenters. The molecule has 0 radical (unpaired) electrons. The van der Waals surface area contributed by atoms with Crippen LogP contribution in [0.1, 0.15) is 30.2 Å². The number of fused-ring (bicyclic) bond motifs is 1. The van der Waals surface area contributed by atoms with Crippen molar-refractivity contribution in [1.82, 2.24) is 19.4 Å². The number of morpholine rings is 1. The Hall–Kier alpha value is -2.12. The van der Waals surface area contributed by atoms with Gasteiger partial charge < -0.3 is 18.6 Å². The molecule has 0 aliphatic carbocycles. The van der Waals surface area contributed by atoms with Crippen LogP contribution in [0.2, 0.25) is 0 Å². The predicted molar refractivity (Wildman–Crippen MR) is 90.9 cm³/mol. The third kappa shape index (κ3) is 3.48. The van der Waals surface area contributed by atoms with Gasteiger partial charge in [-0.05, 0) is 19.1 Å². The highest BCUT2D eigenvalue weighted by atomic mass is 16.5. The fraction of sp³-hybridized carbons (Fsp3) is 0.556. The van der Waals surface area contributed by atoms with E-state index in [0.717, 1.165) is 36.9 Å². The van der Waals surface area contributed by atoms with Crippen molar-refractivity contribution < 1.29 is 13.9 Å². The number of ether oxygens (including phenoxy) is 1. The van der Waals surface area contributed by atoms with Crippen LogP contribution in [0, 0.1) is 0 Å². The predicted octanol–water partition coefficient (Wildman–Crippen LogP) is 1.45. The number of hydrogen-bond donors (Lipinski definition) is 0. The van der Waals surface area contributed by atoms with Crippen LogP contribution >= 0.6 is 0 Å². The second-order valence-electron chi connectivity index (χ2n) is 6.68. The molecule has 1 saturated heterocycles. The number of nitrogens with zero attached hydrogens (tertiary/aromatic N) is 4. The zero-order valence-corrected chi connectivity index (χ0v) is 14.6. The second kappa shape index (κ2) is 7.01. The van der Waals surface area contributed by atoms with E-state index in [1.54, 1.807) is 6.26 Å². The first-order valence-electron chi connectivity index (χ1n) is 8.88. The van der Waals surface area contributed by atoms with E-state index in [1.807, 2.05) is 23.2 Å². The normalized spacial score (nSPS) is 21.3. The van der Waals surface area contributed by atoms with Gasteiger partial charge in [-0.15, -0.1) is 0 Å². The van der Waals surface area contributed by atoms with Crippen LogP contribution in [0.5, 0.6) is 0 Å². The minimum Gasteiger partial charge on any atom is -0.468 e. The molecule has 0 aromatic carbocycles. The molecule has 1 amide bonds. The molecule has 7 nitrogen and oxygen atoms in total. The lowest BCUT2D eigenvalue weighted by atomic mass is 10.2. The Morgan fingerprint density at radius 3 is 2.88 bits per heavy atom. The van der Waals surface area contributed by atoms with Crippen LogP contribution in [0.4, 0.5) is 0 Å². The van der Waals surface area contributed by atoms with Crippen LogP contribution in [0.15, 0.2) is 29.0 Å². The van der Waals surface area contributed by atoms with Crippen LogP contribution in [0.25, 0.3) is 0 Å². The number of carbonyl (C=O) groups excluding carboxylic acids is 1. The summed E-state index contributed by atoms with van der Waals surface area (Å²) < 4.78 is 13.0. The first-order chi connectivity index (χ1) is 12.2. The average molecular weight is 344 g/mol. The maximum atomic E-state index is 12.4. The summed E-state index contributed by atoms with van der Waals surface area (Å²) in [7, 11) is 0. The topological polar surface area (TPSA) is 63.7 Å². The molecule has 4 heterocycles. The zero-order valence-electron chi connectivity index (χ0n) is 14.6. The SMILES string of the molecule is CC1c2nc(CC(=O)N3CCOCC3)cn2CCN1Cc1ccco1. The molecule has 0 spiro atoms. The number of hydrogen-bond acceptors (Lipinski definition) is 5. The van der Waals surface area contributed by atoms with Gasteiger partial charge in [-0.3, -0.25) is 9.69 Å². The Morgan fingerprint density at radius 1 is 1.28 bits per heavy atom. The Balaban J connectivity index is 1.43. The highest BCUT2D eigenvalue weighted by Gasteiger charge is 2.27. The van der Waals surface area contributed by atoms with Crippen LogP contribution < -0.4 is 0 Å². The number of aromatic nitrogens is 2. The maximum Gasteiger partial charge on any atom is 0.228 e. The van der Waals surface area contributed by atoms with Gasteiger partial charge in [-0.25, -0.2) is 4.98 Å². The van der Waals surface area contributed by atoms with Gasteiger partial charge in [0.05, 0.1) is 44.2 Å². The second-order valence-corrected chi connectivity index (χ2v) is 6.68. The molecule has 134 valence electrons. The van der Waals surface area contributed by atoms with E-state index < -0.39 is 0 Å². The summed E-state index contributed by atoms with van der Waals surface area (Å²) in [6.45, 7) is 7.40. The quantitative estimate of drug-likeness (QED) is 0.840. The average Bonchev–Trinajstić information content (AvgIpc) is 3.28. The van der Waals surface area contributed by atoms with Crippen molar-refractivity contribution in [2.45, 2.75) is 32.5 Å². The zero-order chi connectivity index (χ0) is 17.2. The van der Waals surface area contributed by atoms with E-state index in [0.29, 0.717) is 32.7 Å². The minimum absolute atomic E-state index is 0.138.